The Kier molecular flexibility index (Phi) is 3.30. The Balaban J connectivity index is 1.96. The van der Waals surface area contributed by atoms with Gasteiger partial charge in [0.25, 0.3) is 0 Å². The highest BCUT2D eigenvalue weighted by molar-refractivity contribution is 5.70. The third-order valence-corrected chi connectivity index (χ3v) is 4.04. The average molecular weight is 270 g/mol. The molecule has 0 saturated heterocycles. The van der Waals surface area contributed by atoms with E-state index >= 15 is 0 Å². The van der Waals surface area contributed by atoms with E-state index in [9.17, 15) is 4.79 Å². The predicted octanol–water partition coefficient (Wildman–Crippen LogP) is 2.62. The fourth-order valence-electron chi connectivity index (χ4n) is 2.87. The molecule has 1 atom stereocenters. The number of benzene rings is 1. The lowest BCUT2D eigenvalue weighted by Gasteiger charge is -2.16. The predicted molar refractivity (Wildman–Crippen MR) is 76.1 cm³/mol. The van der Waals surface area contributed by atoms with Crippen LogP contribution in [0.2, 0.25) is 0 Å². The molecule has 0 bridgehead atoms. The lowest BCUT2D eigenvalue weighted by Crippen LogP contribution is -2.21. The summed E-state index contributed by atoms with van der Waals surface area (Å²) in [6.07, 6.45) is 5.00. The molecule has 20 heavy (non-hydrogen) atoms. The fourth-order valence-corrected chi connectivity index (χ4v) is 2.87. The molecule has 1 N–H and O–H groups in total. The summed E-state index contributed by atoms with van der Waals surface area (Å²) in [5.74, 6) is -0.959. The number of carboxylic acids is 1. The summed E-state index contributed by atoms with van der Waals surface area (Å²) >= 11 is 0. The van der Waals surface area contributed by atoms with E-state index in [4.69, 9.17) is 5.11 Å². The van der Waals surface area contributed by atoms with Crippen molar-refractivity contribution >= 4 is 5.97 Å². The summed E-state index contributed by atoms with van der Waals surface area (Å²) in [7, 11) is 0. The van der Waals surface area contributed by atoms with Crippen molar-refractivity contribution in [2.45, 2.75) is 32.6 Å². The number of rotatable bonds is 3. The van der Waals surface area contributed by atoms with Crippen molar-refractivity contribution in [3.8, 4) is 5.69 Å². The van der Waals surface area contributed by atoms with Crippen molar-refractivity contribution in [2.24, 2.45) is 5.92 Å². The highest BCUT2D eigenvalue weighted by Crippen LogP contribution is 2.26. The molecule has 2 aromatic rings. The lowest BCUT2D eigenvalue weighted by molar-refractivity contribution is -0.142. The summed E-state index contributed by atoms with van der Waals surface area (Å²) in [6.45, 7) is 2.13. The van der Waals surface area contributed by atoms with Crippen molar-refractivity contribution in [1.82, 2.24) is 9.78 Å². The number of nitrogens with zero attached hydrogens (tertiary/aromatic N) is 2. The van der Waals surface area contributed by atoms with E-state index < -0.39 is 5.97 Å². The summed E-state index contributed by atoms with van der Waals surface area (Å²) in [5, 5.41) is 13.8. The Labute approximate surface area is 118 Å². The van der Waals surface area contributed by atoms with Gasteiger partial charge in [0.15, 0.2) is 0 Å². The summed E-state index contributed by atoms with van der Waals surface area (Å²) in [5.41, 5.74) is 4.47. The number of aryl methyl sites for hydroxylation is 2. The first-order valence-corrected chi connectivity index (χ1v) is 7.07. The molecule has 0 aliphatic heterocycles. The van der Waals surface area contributed by atoms with Crippen LogP contribution in [0.4, 0.5) is 0 Å². The minimum atomic E-state index is -0.697. The number of hydrogen-bond donors (Lipinski definition) is 1. The molecule has 3 rings (SSSR count). The largest absolute Gasteiger partial charge is 0.481 e. The van der Waals surface area contributed by atoms with Crippen molar-refractivity contribution in [3.05, 3.63) is 47.3 Å². The molecule has 0 fully saturated rings. The number of fused-ring (bicyclic) bond motifs is 1. The molecule has 1 aromatic carbocycles. The number of aromatic nitrogens is 2. The Bertz CT molecular complexity index is 646. The Morgan fingerprint density at radius 3 is 3.00 bits per heavy atom. The third kappa shape index (κ3) is 2.22. The SMILES string of the molecule is CCc1ccccc1-n1cc2c(n1)CCC(C(=O)O)C2. The van der Waals surface area contributed by atoms with Gasteiger partial charge in [-0.15, -0.1) is 0 Å². The Morgan fingerprint density at radius 2 is 2.25 bits per heavy atom. The zero-order chi connectivity index (χ0) is 14.1. The second-order valence-electron chi connectivity index (χ2n) is 5.31. The van der Waals surface area contributed by atoms with Crippen molar-refractivity contribution in [2.75, 3.05) is 0 Å². The van der Waals surface area contributed by atoms with Gasteiger partial charge in [0.05, 0.1) is 17.3 Å². The zero-order valence-electron chi connectivity index (χ0n) is 11.5. The van der Waals surface area contributed by atoms with Crippen LogP contribution in [0, 0.1) is 5.92 Å². The van der Waals surface area contributed by atoms with Gasteiger partial charge in [-0.3, -0.25) is 4.79 Å². The maximum atomic E-state index is 11.1. The minimum absolute atomic E-state index is 0.262. The normalized spacial score (nSPS) is 17.8. The molecular weight excluding hydrogens is 252 g/mol. The number of aliphatic carboxylic acids is 1. The van der Waals surface area contributed by atoms with E-state index in [0.717, 1.165) is 29.8 Å². The maximum Gasteiger partial charge on any atom is 0.306 e. The molecule has 0 radical (unpaired) electrons. The topological polar surface area (TPSA) is 55.1 Å². The van der Waals surface area contributed by atoms with E-state index in [1.54, 1.807) is 0 Å². The summed E-state index contributed by atoms with van der Waals surface area (Å²) < 4.78 is 1.91. The van der Waals surface area contributed by atoms with Gasteiger partial charge in [0, 0.05) is 6.20 Å². The lowest BCUT2D eigenvalue weighted by atomic mass is 9.88. The highest BCUT2D eigenvalue weighted by Gasteiger charge is 2.26. The van der Waals surface area contributed by atoms with Gasteiger partial charge in [-0.2, -0.15) is 5.10 Å². The van der Waals surface area contributed by atoms with Crippen LogP contribution in [-0.2, 0) is 24.1 Å². The molecule has 0 spiro atoms. The number of para-hydroxylation sites is 1. The van der Waals surface area contributed by atoms with Crippen molar-refractivity contribution < 1.29 is 9.90 Å². The van der Waals surface area contributed by atoms with Crippen molar-refractivity contribution in [1.29, 1.82) is 0 Å². The molecule has 4 nitrogen and oxygen atoms in total. The molecule has 1 unspecified atom stereocenters. The molecular formula is C16H18N2O2. The van der Waals surface area contributed by atoms with E-state index in [0.29, 0.717) is 12.8 Å². The number of hydrogen-bond acceptors (Lipinski definition) is 2. The van der Waals surface area contributed by atoms with Gasteiger partial charge in [-0.25, -0.2) is 4.68 Å². The molecule has 1 heterocycles. The second kappa shape index (κ2) is 5.12. The van der Waals surface area contributed by atoms with E-state index in [1.165, 1.54) is 5.56 Å². The van der Waals surface area contributed by atoms with Crippen LogP contribution < -0.4 is 0 Å². The Morgan fingerprint density at radius 1 is 1.45 bits per heavy atom. The molecule has 1 aliphatic rings. The molecule has 4 heteroatoms. The average Bonchev–Trinajstić information content (AvgIpc) is 2.89. The van der Waals surface area contributed by atoms with Crippen LogP contribution in [0.3, 0.4) is 0 Å². The zero-order valence-corrected chi connectivity index (χ0v) is 11.5. The van der Waals surface area contributed by atoms with Crippen LogP contribution in [-0.4, -0.2) is 20.9 Å². The molecule has 0 saturated carbocycles. The molecule has 104 valence electrons. The highest BCUT2D eigenvalue weighted by atomic mass is 16.4. The summed E-state index contributed by atoms with van der Waals surface area (Å²) in [6, 6.07) is 8.21. The van der Waals surface area contributed by atoms with Crippen LogP contribution in [0.5, 0.6) is 0 Å². The first-order valence-electron chi connectivity index (χ1n) is 7.07. The first-order chi connectivity index (χ1) is 9.69. The number of carboxylic acid groups (broad SMARTS) is 1. The summed E-state index contributed by atoms with van der Waals surface area (Å²) in [4.78, 5) is 11.1. The van der Waals surface area contributed by atoms with Gasteiger partial charge in [-0.1, -0.05) is 25.1 Å². The molecule has 0 amide bonds. The number of carbonyl (C=O) groups is 1. The van der Waals surface area contributed by atoms with Crippen molar-refractivity contribution in [3.63, 3.8) is 0 Å². The minimum Gasteiger partial charge on any atom is -0.481 e. The van der Waals surface area contributed by atoms with Crippen LogP contribution in [0.25, 0.3) is 5.69 Å². The smallest absolute Gasteiger partial charge is 0.306 e. The Hall–Kier alpha value is -2.10. The van der Waals surface area contributed by atoms with Gasteiger partial charge < -0.3 is 5.11 Å². The molecule has 1 aromatic heterocycles. The van der Waals surface area contributed by atoms with E-state index in [2.05, 4.69) is 24.2 Å². The third-order valence-electron chi connectivity index (χ3n) is 4.04. The van der Waals surface area contributed by atoms with Gasteiger partial charge in [-0.05, 0) is 42.9 Å². The van der Waals surface area contributed by atoms with Gasteiger partial charge in [0.1, 0.15) is 0 Å². The van der Waals surface area contributed by atoms with Crippen LogP contribution in [0.15, 0.2) is 30.5 Å². The fraction of sp³-hybridized carbons (Fsp3) is 0.375. The maximum absolute atomic E-state index is 11.1. The first kappa shape index (κ1) is 12.9. The quantitative estimate of drug-likeness (QED) is 0.932. The van der Waals surface area contributed by atoms with Gasteiger partial charge >= 0.3 is 5.97 Å². The molecule has 1 aliphatic carbocycles. The standard InChI is InChI=1S/C16H18N2O2/c1-2-11-5-3-4-6-15(11)18-10-13-9-12(16(19)20)7-8-14(13)17-18/h3-6,10,12H,2,7-9H2,1H3,(H,19,20). The van der Waals surface area contributed by atoms with E-state index in [1.807, 2.05) is 23.0 Å². The van der Waals surface area contributed by atoms with Crippen LogP contribution in [0.1, 0.15) is 30.2 Å². The second-order valence-corrected chi connectivity index (χ2v) is 5.31. The van der Waals surface area contributed by atoms with E-state index in [-0.39, 0.29) is 5.92 Å². The van der Waals surface area contributed by atoms with Gasteiger partial charge in [0.2, 0.25) is 0 Å². The van der Waals surface area contributed by atoms with Crippen LogP contribution >= 0.6 is 0 Å². The monoisotopic (exact) mass is 270 g/mol.